The first-order chi connectivity index (χ1) is 28.7. The molecule has 0 radical (unpaired) electrons. The average Bonchev–Trinajstić information content (AvgIpc) is 3.59. The van der Waals surface area contributed by atoms with E-state index in [1.54, 1.807) is 5.56 Å². The first-order valence-corrected chi connectivity index (χ1v) is 22.5. The lowest BCUT2D eigenvalue weighted by Crippen LogP contribution is -2.64. The molecule has 3 aliphatic heterocycles. The molecule has 3 heteroatoms. The predicted octanol–water partition coefficient (Wildman–Crippen LogP) is 13.7. The Morgan fingerprint density at radius 2 is 1.32 bits per heavy atom. The molecule has 60 heavy (non-hydrogen) atoms. The third-order valence-corrected chi connectivity index (χ3v) is 16.4. The highest BCUT2D eigenvalue weighted by atomic mass is 15.3. The molecular weight excluding hydrogens is 723 g/mol. The molecule has 0 spiro atoms. The lowest BCUT2D eigenvalue weighted by atomic mass is 9.42. The predicted molar refractivity (Wildman–Crippen MR) is 257 cm³/mol. The lowest BCUT2D eigenvalue weighted by Gasteiger charge is -2.53. The Balaban J connectivity index is 1.25. The topological polar surface area (TPSA) is 6.48 Å². The molecule has 1 fully saturated rings. The molecule has 0 saturated heterocycles. The van der Waals surface area contributed by atoms with Gasteiger partial charge in [0, 0.05) is 44.5 Å². The van der Waals surface area contributed by atoms with Crippen molar-refractivity contribution in [3.05, 3.63) is 155 Å². The largest absolute Gasteiger partial charge is 0.376 e. The highest BCUT2D eigenvalue weighted by Crippen LogP contribution is 2.63. The van der Waals surface area contributed by atoms with E-state index in [1.807, 2.05) is 0 Å². The smallest absolute Gasteiger partial charge is 0.333 e. The summed E-state index contributed by atoms with van der Waals surface area (Å²) in [7, 11) is 0. The van der Waals surface area contributed by atoms with Crippen molar-refractivity contribution >= 4 is 51.3 Å². The van der Waals surface area contributed by atoms with Crippen LogP contribution in [0.1, 0.15) is 108 Å². The highest BCUT2D eigenvalue weighted by Gasteiger charge is 2.62. The normalized spacial score (nSPS) is 21.3. The molecule has 1 saturated carbocycles. The van der Waals surface area contributed by atoms with Crippen LogP contribution >= 0.6 is 0 Å². The van der Waals surface area contributed by atoms with E-state index in [0.29, 0.717) is 0 Å². The van der Waals surface area contributed by atoms with E-state index >= 15 is 0 Å². The van der Waals surface area contributed by atoms with Gasteiger partial charge in [-0.3, -0.25) is 0 Å². The lowest BCUT2D eigenvalue weighted by molar-refractivity contribution is 0.195. The fourth-order valence-electron chi connectivity index (χ4n) is 13.0. The van der Waals surface area contributed by atoms with Crippen molar-refractivity contribution < 1.29 is 0 Å². The van der Waals surface area contributed by atoms with Crippen molar-refractivity contribution in [1.29, 1.82) is 0 Å². The van der Waals surface area contributed by atoms with E-state index in [9.17, 15) is 0 Å². The molecule has 12 rings (SSSR count). The average molecular weight is 779 g/mol. The summed E-state index contributed by atoms with van der Waals surface area (Å²) in [6.07, 6.45) is 4.92. The zero-order valence-electron chi connectivity index (χ0n) is 36.8. The van der Waals surface area contributed by atoms with E-state index < -0.39 is 0 Å². The SMILES string of the molecule is Cc1cccc(C)c1-c1cc2c3c(c1)N1c4c(cc(C(C)(C)C)cc4C4(C)CCCCC14C)B3N(c1ccc3c(c1)C(C)(C)c1ccccc1-3)c1c-2ccc2ccccc12. The summed E-state index contributed by atoms with van der Waals surface area (Å²) >= 11 is 0. The zero-order valence-corrected chi connectivity index (χ0v) is 36.8. The number of hydrogen-bond donors (Lipinski definition) is 0. The maximum absolute atomic E-state index is 2.91. The van der Waals surface area contributed by atoms with E-state index in [0.717, 1.165) is 0 Å². The minimum absolute atomic E-state index is 0.0107. The van der Waals surface area contributed by atoms with Crippen LogP contribution in [0.15, 0.2) is 121 Å². The standard InChI is InChI=1S/C57H55BN2/c1-34-17-16-18-35(2)50(34)37-29-44-43-25-23-36-19-10-11-20-40(36)52(43)60(39-24-26-42-41-21-12-13-22-45(41)55(6,7)46(42)33-39)58-48-32-38(54(3,4)5)31-47-53(48)59(49(30-37)51(44)58)57(9)28-15-14-27-56(47,57)8/h10-13,16-26,29-33H,14-15,27-28H2,1-9H3. The van der Waals surface area contributed by atoms with Crippen molar-refractivity contribution in [2.24, 2.45) is 0 Å². The Labute approximate surface area is 357 Å². The number of nitrogens with zero attached hydrogens (tertiary/aromatic N) is 2. The zero-order chi connectivity index (χ0) is 41.2. The Kier molecular flexibility index (Phi) is 7.17. The molecule has 7 aromatic rings. The van der Waals surface area contributed by atoms with Gasteiger partial charge in [0.05, 0.1) is 5.54 Å². The van der Waals surface area contributed by atoms with Crippen molar-refractivity contribution in [3.63, 3.8) is 0 Å². The Morgan fingerprint density at radius 3 is 2.12 bits per heavy atom. The molecular formula is C57H55BN2. The van der Waals surface area contributed by atoms with Crippen LogP contribution in [0.2, 0.25) is 0 Å². The first kappa shape index (κ1) is 36.3. The van der Waals surface area contributed by atoms with Crippen LogP contribution in [0.5, 0.6) is 0 Å². The van der Waals surface area contributed by atoms with Crippen LogP contribution in [-0.4, -0.2) is 12.4 Å². The molecule has 0 aromatic heterocycles. The summed E-state index contributed by atoms with van der Waals surface area (Å²) < 4.78 is 0. The number of aryl methyl sites for hydroxylation is 2. The molecule has 0 N–H and O–H groups in total. The fourth-order valence-corrected chi connectivity index (χ4v) is 13.0. The van der Waals surface area contributed by atoms with Gasteiger partial charge in [-0.1, -0.05) is 151 Å². The maximum Gasteiger partial charge on any atom is 0.333 e. The van der Waals surface area contributed by atoms with Gasteiger partial charge in [-0.2, -0.15) is 0 Å². The number of fused-ring (bicyclic) bond motifs is 12. The van der Waals surface area contributed by atoms with E-state index in [4.69, 9.17) is 0 Å². The monoisotopic (exact) mass is 778 g/mol. The summed E-state index contributed by atoms with van der Waals surface area (Å²) in [5, 5.41) is 2.59. The number of rotatable bonds is 2. The Morgan fingerprint density at radius 1 is 0.600 bits per heavy atom. The fraction of sp³-hybridized carbons (Fsp3) is 0.298. The summed E-state index contributed by atoms with van der Waals surface area (Å²) in [4.78, 5) is 5.70. The van der Waals surface area contributed by atoms with Crippen molar-refractivity contribution in [2.75, 3.05) is 9.71 Å². The van der Waals surface area contributed by atoms with E-state index in [-0.39, 0.29) is 28.6 Å². The van der Waals surface area contributed by atoms with Gasteiger partial charge >= 0.3 is 6.85 Å². The first-order valence-electron chi connectivity index (χ1n) is 22.5. The van der Waals surface area contributed by atoms with Gasteiger partial charge in [-0.05, 0) is 141 Å². The van der Waals surface area contributed by atoms with Gasteiger partial charge in [-0.25, -0.2) is 0 Å². The van der Waals surface area contributed by atoms with Crippen molar-refractivity contribution in [1.82, 2.24) is 0 Å². The second-order valence-corrected chi connectivity index (χ2v) is 20.9. The third kappa shape index (κ3) is 4.46. The quantitative estimate of drug-likeness (QED) is 0.161. The van der Waals surface area contributed by atoms with Crippen molar-refractivity contribution in [2.45, 2.75) is 110 Å². The van der Waals surface area contributed by atoms with Gasteiger partial charge in [0.25, 0.3) is 0 Å². The molecule has 296 valence electrons. The van der Waals surface area contributed by atoms with E-state index in [1.165, 1.54) is 131 Å². The van der Waals surface area contributed by atoms with Crippen LogP contribution in [0.3, 0.4) is 0 Å². The molecule has 3 heterocycles. The van der Waals surface area contributed by atoms with Gasteiger partial charge in [-0.15, -0.1) is 0 Å². The van der Waals surface area contributed by atoms with Crippen LogP contribution in [0, 0.1) is 13.8 Å². The third-order valence-electron chi connectivity index (χ3n) is 16.4. The molecule has 2 atom stereocenters. The maximum atomic E-state index is 2.91. The molecule has 2 nitrogen and oxygen atoms in total. The Bertz CT molecular complexity index is 3020. The summed E-state index contributed by atoms with van der Waals surface area (Å²) in [6.45, 7) is 21.9. The number of hydrogen-bond acceptors (Lipinski definition) is 2. The number of anilines is 4. The van der Waals surface area contributed by atoms with Gasteiger partial charge < -0.3 is 9.71 Å². The summed E-state index contributed by atoms with van der Waals surface area (Å²) in [5.74, 6) is 0. The van der Waals surface area contributed by atoms with Crippen LogP contribution in [0.4, 0.5) is 22.7 Å². The minimum atomic E-state index is -0.113. The van der Waals surface area contributed by atoms with Crippen LogP contribution in [0.25, 0.3) is 44.2 Å². The van der Waals surface area contributed by atoms with Crippen LogP contribution in [-0.2, 0) is 16.2 Å². The molecule has 5 aliphatic rings. The second kappa shape index (κ2) is 11.8. The van der Waals surface area contributed by atoms with Crippen molar-refractivity contribution in [3.8, 4) is 33.4 Å². The highest BCUT2D eigenvalue weighted by molar-refractivity contribution is 6.94. The van der Waals surface area contributed by atoms with Crippen LogP contribution < -0.4 is 20.6 Å². The number of benzene rings is 7. The molecule has 0 bridgehead atoms. The summed E-state index contributed by atoms with van der Waals surface area (Å²) in [6, 6.07) is 47.7. The van der Waals surface area contributed by atoms with Gasteiger partial charge in [0.2, 0.25) is 0 Å². The van der Waals surface area contributed by atoms with E-state index in [2.05, 4.69) is 193 Å². The molecule has 7 aromatic carbocycles. The van der Waals surface area contributed by atoms with Gasteiger partial charge in [0.1, 0.15) is 0 Å². The summed E-state index contributed by atoms with van der Waals surface area (Å²) in [5.41, 5.74) is 24.8. The molecule has 0 amide bonds. The molecule has 2 aliphatic carbocycles. The molecule has 2 unspecified atom stereocenters. The van der Waals surface area contributed by atoms with Gasteiger partial charge in [0.15, 0.2) is 0 Å². The minimum Gasteiger partial charge on any atom is -0.376 e. The second-order valence-electron chi connectivity index (χ2n) is 20.9. The Hall–Kier alpha value is -5.54.